The van der Waals surface area contributed by atoms with E-state index >= 15 is 0 Å². The van der Waals surface area contributed by atoms with E-state index in [0.29, 0.717) is 0 Å². The van der Waals surface area contributed by atoms with Crippen molar-refractivity contribution >= 4 is 0 Å². The molecule has 2 aliphatic rings. The highest BCUT2D eigenvalue weighted by atomic mass is 15.1. The smallest absolute Gasteiger partial charge is 0.0147 e. The monoisotopic (exact) mass is 196 g/mol. The Labute approximate surface area is 88.1 Å². The summed E-state index contributed by atoms with van der Waals surface area (Å²) in [7, 11) is 2.29. The molecule has 2 fully saturated rings. The number of rotatable bonds is 2. The van der Waals surface area contributed by atoms with Crippen LogP contribution in [0.15, 0.2) is 0 Å². The minimum absolute atomic E-state index is 0.830. The van der Waals surface area contributed by atoms with Crippen molar-refractivity contribution in [3.8, 4) is 0 Å². The first-order chi connectivity index (χ1) is 6.83. The predicted octanol–water partition coefficient (Wildman–Crippen LogP) is 1.86. The third kappa shape index (κ3) is 1.96. The van der Waals surface area contributed by atoms with E-state index in [4.69, 9.17) is 0 Å². The molecule has 0 aromatic rings. The Morgan fingerprint density at radius 1 is 1.21 bits per heavy atom. The van der Waals surface area contributed by atoms with Crippen LogP contribution in [0, 0.1) is 5.92 Å². The highest BCUT2D eigenvalue weighted by Gasteiger charge is 2.35. The standard InChI is InChI=1S/C12H24N2/c1-3-14(2)12-8-9-13-11-7-5-4-6-10(11)12/h10-13H,3-9H2,1-2H3/t10-,11-,12+/m0/s1. The second-order valence-electron chi connectivity index (χ2n) is 4.94. The van der Waals surface area contributed by atoms with E-state index in [1.54, 1.807) is 0 Å². The van der Waals surface area contributed by atoms with Gasteiger partial charge >= 0.3 is 0 Å². The Morgan fingerprint density at radius 3 is 2.79 bits per heavy atom. The molecule has 2 rings (SSSR count). The minimum atomic E-state index is 0.830. The first-order valence-corrected chi connectivity index (χ1v) is 6.26. The molecule has 1 heterocycles. The molecule has 3 atom stereocenters. The molecule has 1 aliphatic carbocycles. The van der Waals surface area contributed by atoms with Crippen LogP contribution in [-0.2, 0) is 0 Å². The molecule has 1 saturated heterocycles. The normalized spacial score (nSPS) is 38.4. The fraction of sp³-hybridized carbons (Fsp3) is 1.00. The molecule has 2 heteroatoms. The molecule has 0 unspecified atom stereocenters. The lowest BCUT2D eigenvalue weighted by atomic mass is 9.76. The SMILES string of the molecule is CCN(C)[C@@H]1CCN[C@H]2CCCC[C@@H]21. The van der Waals surface area contributed by atoms with Gasteiger partial charge in [0.15, 0.2) is 0 Å². The highest BCUT2D eigenvalue weighted by molar-refractivity contribution is 4.93. The van der Waals surface area contributed by atoms with Gasteiger partial charge in [-0.25, -0.2) is 0 Å². The summed E-state index contributed by atoms with van der Waals surface area (Å²) in [5.41, 5.74) is 0. The zero-order valence-electron chi connectivity index (χ0n) is 9.63. The first kappa shape index (κ1) is 10.4. The Hall–Kier alpha value is -0.0800. The van der Waals surface area contributed by atoms with E-state index in [2.05, 4.69) is 24.2 Å². The largest absolute Gasteiger partial charge is 0.314 e. The maximum Gasteiger partial charge on any atom is 0.0147 e. The molecule has 0 amide bonds. The molecule has 0 bridgehead atoms. The van der Waals surface area contributed by atoms with Crippen molar-refractivity contribution in [2.24, 2.45) is 5.92 Å². The molecule has 0 radical (unpaired) electrons. The van der Waals surface area contributed by atoms with Crippen LogP contribution < -0.4 is 5.32 Å². The lowest BCUT2D eigenvalue weighted by molar-refractivity contribution is 0.0837. The average molecular weight is 196 g/mol. The quantitative estimate of drug-likeness (QED) is 0.725. The van der Waals surface area contributed by atoms with Crippen molar-refractivity contribution in [3.05, 3.63) is 0 Å². The van der Waals surface area contributed by atoms with Crippen LogP contribution in [0.3, 0.4) is 0 Å². The number of hydrogen-bond acceptors (Lipinski definition) is 2. The topological polar surface area (TPSA) is 15.3 Å². The molecule has 82 valence electrons. The lowest BCUT2D eigenvalue weighted by Gasteiger charge is -2.45. The van der Waals surface area contributed by atoms with Gasteiger partial charge < -0.3 is 10.2 Å². The Morgan fingerprint density at radius 2 is 2.00 bits per heavy atom. The van der Waals surface area contributed by atoms with Crippen LogP contribution in [0.4, 0.5) is 0 Å². The van der Waals surface area contributed by atoms with Gasteiger partial charge in [0, 0.05) is 12.1 Å². The van der Waals surface area contributed by atoms with Crippen LogP contribution in [0.1, 0.15) is 39.0 Å². The van der Waals surface area contributed by atoms with E-state index in [1.807, 2.05) is 0 Å². The number of hydrogen-bond donors (Lipinski definition) is 1. The summed E-state index contributed by atoms with van der Waals surface area (Å²) in [4.78, 5) is 2.56. The lowest BCUT2D eigenvalue weighted by Crippen LogP contribution is -2.55. The Balaban J connectivity index is 2.01. The van der Waals surface area contributed by atoms with Crippen LogP contribution in [0.2, 0.25) is 0 Å². The number of nitrogens with one attached hydrogen (secondary N) is 1. The van der Waals surface area contributed by atoms with Gasteiger partial charge in [-0.05, 0) is 45.3 Å². The molecule has 1 saturated carbocycles. The highest BCUT2D eigenvalue weighted by Crippen LogP contribution is 2.32. The molecule has 0 aromatic carbocycles. The van der Waals surface area contributed by atoms with Crippen molar-refractivity contribution < 1.29 is 0 Å². The van der Waals surface area contributed by atoms with E-state index in [1.165, 1.54) is 45.2 Å². The van der Waals surface area contributed by atoms with Crippen molar-refractivity contribution in [1.29, 1.82) is 0 Å². The third-order valence-electron chi connectivity index (χ3n) is 4.23. The predicted molar refractivity (Wildman–Crippen MR) is 60.5 cm³/mol. The van der Waals surface area contributed by atoms with Gasteiger partial charge in [-0.3, -0.25) is 0 Å². The second kappa shape index (κ2) is 4.63. The van der Waals surface area contributed by atoms with Crippen LogP contribution in [-0.4, -0.2) is 37.1 Å². The molecular weight excluding hydrogens is 172 g/mol. The molecule has 0 spiro atoms. The van der Waals surface area contributed by atoms with Crippen molar-refractivity contribution in [2.45, 2.75) is 51.1 Å². The fourth-order valence-corrected chi connectivity index (χ4v) is 3.29. The van der Waals surface area contributed by atoms with Gasteiger partial charge in [-0.2, -0.15) is 0 Å². The Kier molecular flexibility index (Phi) is 3.45. The summed E-state index contributed by atoms with van der Waals surface area (Å²) >= 11 is 0. The van der Waals surface area contributed by atoms with E-state index < -0.39 is 0 Å². The number of piperidine rings is 1. The fourth-order valence-electron chi connectivity index (χ4n) is 3.29. The molecular formula is C12H24N2. The molecule has 14 heavy (non-hydrogen) atoms. The van der Waals surface area contributed by atoms with Gasteiger partial charge in [-0.1, -0.05) is 19.8 Å². The average Bonchev–Trinajstić information content (AvgIpc) is 2.27. The van der Waals surface area contributed by atoms with Crippen LogP contribution in [0.5, 0.6) is 0 Å². The summed E-state index contributed by atoms with van der Waals surface area (Å²) in [5.74, 6) is 0.933. The third-order valence-corrected chi connectivity index (χ3v) is 4.23. The second-order valence-corrected chi connectivity index (χ2v) is 4.94. The van der Waals surface area contributed by atoms with Crippen molar-refractivity contribution in [2.75, 3.05) is 20.1 Å². The van der Waals surface area contributed by atoms with Gasteiger partial charge in [0.25, 0.3) is 0 Å². The summed E-state index contributed by atoms with van der Waals surface area (Å²) in [6, 6.07) is 1.68. The molecule has 1 aliphatic heterocycles. The summed E-state index contributed by atoms with van der Waals surface area (Å²) < 4.78 is 0. The van der Waals surface area contributed by atoms with Crippen LogP contribution in [0.25, 0.3) is 0 Å². The molecule has 2 nitrogen and oxygen atoms in total. The molecule has 1 N–H and O–H groups in total. The van der Waals surface area contributed by atoms with E-state index in [0.717, 1.165) is 18.0 Å². The zero-order valence-corrected chi connectivity index (χ0v) is 9.63. The van der Waals surface area contributed by atoms with Gasteiger partial charge in [0.2, 0.25) is 0 Å². The maximum absolute atomic E-state index is 3.70. The van der Waals surface area contributed by atoms with Gasteiger partial charge in [0.1, 0.15) is 0 Å². The number of fused-ring (bicyclic) bond motifs is 1. The first-order valence-electron chi connectivity index (χ1n) is 6.26. The minimum Gasteiger partial charge on any atom is -0.314 e. The maximum atomic E-state index is 3.70. The Bertz CT molecular complexity index is 177. The number of nitrogens with zero attached hydrogens (tertiary/aromatic N) is 1. The van der Waals surface area contributed by atoms with Gasteiger partial charge in [-0.15, -0.1) is 0 Å². The van der Waals surface area contributed by atoms with E-state index in [9.17, 15) is 0 Å². The summed E-state index contributed by atoms with van der Waals surface area (Å²) in [6.07, 6.45) is 7.12. The van der Waals surface area contributed by atoms with Crippen molar-refractivity contribution in [1.82, 2.24) is 10.2 Å². The zero-order chi connectivity index (χ0) is 9.97. The van der Waals surface area contributed by atoms with Crippen molar-refractivity contribution in [3.63, 3.8) is 0 Å². The van der Waals surface area contributed by atoms with Crippen LogP contribution >= 0.6 is 0 Å². The summed E-state index contributed by atoms with van der Waals surface area (Å²) in [6.45, 7) is 4.71. The molecule has 0 aromatic heterocycles. The summed E-state index contributed by atoms with van der Waals surface area (Å²) in [5, 5.41) is 3.70. The van der Waals surface area contributed by atoms with E-state index in [-0.39, 0.29) is 0 Å². The van der Waals surface area contributed by atoms with Gasteiger partial charge in [0.05, 0.1) is 0 Å².